The summed E-state index contributed by atoms with van der Waals surface area (Å²) >= 11 is 1.32. The first-order chi connectivity index (χ1) is 11.9. The third-order valence-electron chi connectivity index (χ3n) is 3.83. The van der Waals surface area contributed by atoms with Gasteiger partial charge in [0.05, 0.1) is 11.9 Å². The van der Waals surface area contributed by atoms with Gasteiger partial charge in [0.25, 0.3) is 0 Å². The van der Waals surface area contributed by atoms with Crippen LogP contribution in [0.3, 0.4) is 0 Å². The van der Waals surface area contributed by atoms with Gasteiger partial charge in [-0.25, -0.2) is 0 Å². The molecular weight excluding hydrogens is 338 g/mol. The molecular formula is C17H25N5O2S. The number of nitrogens with zero attached hydrogens (tertiary/aromatic N) is 4. The van der Waals surface area contributed by atoms with E-state index in [1.54, 1.807) is 4.68 Å². The number of benzene rings is 1. The van der Waals surface area contributed by atoms with Crippen LogP contribution in [0.5, 0.6) is 5.75 Å². The SMILES string of the molecule is CCOc1ccccc1-n1nnnc1SC(C)C(=O)NC(C)(C)CC. The fourth-order valence-corrected chi connectivity index (χ4v) is 2.85. The monoisotopic (exact) mass is 363 g/mol. The molecule has 0 aliphatic heterocycles. The van der Waals surface area contributed by atoms with Gasteiger partial charge in [0.2, 0.25) is 11.1 Å². The molecule has 0 spiro atoms. The molecule has 0 saturated carbocycles. The normalized spacial score (nSPS) is 12.7. The summed E-state index contributed by atoms with van der Waals surface area (Å²) in [6, 6.07) is 7.55. The number of nitrogens with one attached hydrogen (secondary N) is 1. The fourth-order valence-electron chi connectivity index (χ4n) is 2.05. The molecule has 0 aliphatic rings. The summed E-state index contributed by atoms with van der Waals surface area (Å²) in [6.07, 6.45) is 0.857. The molecule has 0 aliphatic carbocycles. The van der Waals surface area contributed by atoms with Gasteiger partial charge in [-0.2, -0.15) is 4.68 Å². The lowest BCUT2D eigenvalue weighted by Crippen LogP contribution is -2.46. The van der Waals surface area contributed by atoms with E-state index in [1.165, 1.54) is 11.8 Å². The van der Waals surface area contributed by atoms with E-state index in [1.807, 2.05) is 58.9 Å². The predicted molar refractivity (Wildman–Crippen MR) is 98.2 cm³/mol. The number of amides is 1. The molecule has 0 saturated heterocycles. The third-order valence-corrected chi connectivity index (χ3v) is 4.86. The van der Waals surface area contributed by atoms with Crippen LogP contribution in [0, 0.1) is 0 Å². The summed E-state index contributed by atoms with van der Waals surface area (Å²) < 4.78 is 7.25. The zero-order valence-corrected chi connectivity index (χ0v) is 16.1. The number of tetrazole rings is 1. The van der Waals surface area contributed by atoms with Gasteiger partial charge in [-0.15, -0.1) is 5.10 Å². The lowest BCUT2D eigenvalue weighted by atomic mass is 10.0. The van der Waals surface area contributed by atoms with Gasteiger partial charge in [-0.1, -0.05) is 30.8 Å². The number of ether oxygens (including phenoxy) is 1. The van der Waals surface area contributed by atoms with Gasteiger partial charge in [0.15, 0.2) is 0 Å². The number of carbonyl (C=O) groups excluding carboxylic acids is 1. The Bertz CT molecular complexity index is 717. The van der Waals surface area contributed by atoms with Gasteiger partial charge >= 0.3 is 0 Å². The number of thioether (sulfide) groups is 1. The molecule has 7 nitrogen and oxygen atoms in total. The summed E-state index contributed by atoms with van der Waals surface area (Å²) in [7, 11) is 0. The van der Waals surface area contributed by atoms with Crippen molar-refractivity contribution >= 4 is 17.7 Å². The van der Waals surface area contributed by atoms with E-state index in [9.17, 15) is 4.79 Å². The first-order valence-corrected chi connectivity index (χ1v) is 9.25. The maximum atomic E-state index is 12.4. The minimum Gasteiger partial charge on any atom is -0.492 e. The summed E-state index contributed by atoms with van der Waals surface area (Å²) in [4.78, 5) is 12.4. The molecule has 2 aromatic rings. The molecule has 8 heteroatoms. The van der Waals surface area contributed by atoms with Gasteiger partial charge in [-0.05, 0) is 56.7 Å². The molecule has 0 fully saturated rings. The molecule has 1 N–H and O–H groups in total. The summed E-state index contributed by atoms with van der Waals surface area (Å²) in [6.45, 7) is 10.4. The van der Waals surface area contributed by atoms with Crippen molar-refractivity contribution in [1.82, 2.24) is 25.5 Å². The van der Waals surface area contributed by atoms with Crippen molar-refractivity contribution in [3.05, 3.63) is 24.3 Å². The number of hydrogen-bond acceptors (Lipinski definition) is 6. The highest BCUT2D eigenvalue weighted by atomic mass is 32.2. The maximum absolute atomic E-state index is 12.4. The highest BCUT2D eigenvalue weighted by Crippen LogP contribution is 2.28. The zero-order chi connectivity index (χ0) is 18.4. The van der Waals surface area contributed by atoms with E-state index < -0.39 is 0 Å². The van der Waals surface area contributed by atoms with Crippen LogP contribution >= 0.6 is 11.8 Å². The lowest BCUT2D eigenvalue weighted by Gasteiger charge is -2.26. The average Bonchev–Trinajstić information content (AvgIpc) is 3.03. The van der Waals surface area contributed by atoms with E-state index in [0.717, 1.165) is 12.1 Å². The summed E-state index contributed by atoms with van der Waals surface area (Å²) in [5.74, 6) is 0.660. The fraction of sp³-hybridized carbons (Fsp3) is 0.529. The maximum Gasteiger partial charge on any atom is 0.233 e. The highest BCUT2D eigenvalue weighted by molar-refractivity contribution is 8.00. The number of hydrogen-bond donors (Lipinski definition) is 1. The van der Waals surface area contributed by atoms with Crippen LogP contribution in [0.1, 0.15) is 41.0 Å². The van der Waals surface area contributed by atoms with Crippen molar-refractivity contribution in [3.8, 4) is 11.4 Å². The Kier molecular flexibility index (Phi) is 6.41. The van der Waals surface area contributed by atoms with Gasteiger partial charge < -0.3 is 10.1 Å². The quantitative estimate of drug-likeness (QED) is 0.726. The van der Waals surface area contributed by atoms with Crippen molar-refractivity contribution in [3.63, 3.8) is 0 Å². The molecule has 0 bridgehead atoms. The lowest BCUT2D eigenvalue weighted by molar-refractivity contribution is -0.121. The smallest absolute Gasteiger partial charge is 0.233 e. The second-order valence-electron chi connectivity index (χ2n) is 6.26. The average molecular weight is 363 g/mol. The van der Waals surface area contributed by atoms with Crippen LogP contribution in [-0.2, 0) is 4.79 Å². The molecule has 25 heavy (non-hydrogen) atoms. The first-order valence-electron chi connectivity index (χ1n) is 8.37. The van der Waals surface area contributed by atoms with Crippen LogP contribution < -0.4 is 10.1 Å². The highest BCUT2D eigenvalue weighted by Gasteiger charge is 2.25. The third kappa shape index (κ3) is 4.94. The van der Waals surface area contributed by atoms with Crippen molar-refractivity contribution < 1.29 is 9.53 Å². The molecule has 1 atom stereocenters. The van der Waals surface area contributed by atoms with Gasteiger partial charge in [-0.3, -0.25) is 4.79 Å². The van der Waals surface area contributed by atoms with E-state index in [2.05, 4.69) is 20.8 Å². The van der Waals surface area contributed by atoms with E-state index in [4.69, 9.17) is 4.74 Å². The Morgan fingerprint density at radius 3 is 2.76 bits per heavy atom. The molecule has 1 aromatic carbocycles. The van der Waals surface area contributed by atoms with Crippen LogP contribution in [0.4, 0.5) is 0 Å². The molecule has 0 radical (unpaired) electrons. The second kappa shape index (κ2) is 8.33. The standard InChI is InChI=1S/C17H25N5O2S/c1-6-17(4,5)18-15(23)12(3)25-16-19-20-21-22(16)13-10-8-9-11-14(13)24-7-2/h8-12H,6-7H2,1-5H3,(H,18,23). The van der Waals surface area contributed by atoms with Crippen LogP contribution in [-0.4, -0.2) is 43.5 Å². The van der Waals surface area contributed by atoms with Crippen LogP contribution in [0.15, 0.2) is 29.4 Å². The minimum absolute atomic E-state index is 0.0375. The number of para-hydroxylation sites is 2. The van der Waals surface area contributed by atoms with Crippen molar-refractivity contribution in [2.24, 2.45) is 0 Å². The Labute approximate surface area is 152 Å². The molecule has 136 valence electrons. The molecule has 1 unspecified atom stereocenters. The van der Waals surface area contributed by atoms with E-state index >= 15 is 0 Å². The van der Waals surface area contributed by atoms with Gasteiger partial charge in [0.1, 0.15) is 11.4 Å². The number of carbonyl (C=O) groups is 1. The Morgan fingerprint density at radius 2 is 2.08 bits per heavy atom. The first kappa shape index (κ1) is 19.2. The summed E-state index contributed by atoms with van der Waals surface area (Å²) in [5.41, 5.74) is 0.512. The van der Waals surface area contributed by atoms with Crippen LogP contribution in [0.25, 0.3) is 5.69 Å². The molecule has 1 amide bonds. The Hall–Kier alpha value is -2.09. The van der Waals surface area contributed by atoms with Crippen LogP contribution in [0.2, 0.25) is 0 Å². The summed E-state index contributed by atoms with van der Waals surface area (Å²) in [5, 5.41) is 15.1. The topological polar surface area (TPSA) is 81.9 Å². The van der Waals surface area contributed by atoms with E-state index in [0.29, 0.717) is 17.5 Å². The number of aromatic nitrogens is 4. The van der Waals surface area contributed by atoms with Crippen molar-refractivity contribution in [2.75, 3.05) is 6.61 Å². The van der Waals surface area contributed by atoms with E-state index in [-0.39, 0.29) is 16.7 Å². The zero-order valence-electron chi connectivity index (χ0n) is 15.3. The predicted octanol–water partition coefficient (Wildman–Crippen LogP) is 2.85. The molecule has 1 aromatic heterocycles. The largest absolute Gasteiger partial charge is 0.492 e. The number of rotatable bonds is 8. The van der Waals surface area contributed by atoms with Crippen molar-refractivity contribution in [2.45, 2.75) is 57.0 Å². The van der Waals surface area contributed by atoms with Gasteiger partial charge in [0, 0.05) is 5.54 Å². The Balaban J connectivity index is 2.18. The minimum atomic E-state index is -0.324. The molecule has 2 rings (SSSR count). The second-order valence-corrected chi connectivity index (χ2v) is 7.57. The molecule has 1 heterocycles. The Morgan fingerprint density at radius 1 is 1.36 bits per heavy atom. The van der Waals surface area contributed by atoms with Crippen molar-refractivity contribution in [1.29, 1.82) is 0 Å².